The van der Waals surface area contributed by atoms with Gasteiger partial charge in [-0.3, -0.25) is 22.7 Å². The van der Waals surface area contributed by atoms with Crippen LogP contribution in [-0.2, 0) is 32.2 Å². The third kappa shape index (κ3) is 7.24. The Labute approximate surface area is 228 Å². The standard InChI is InChI=1S/C18H26N6O15P2/c19-9-1-3-23(17(28)21-9)15-13(27)11(25)7(37-15)6-36-41(33,34)39-14-12(26)8(5-35-40(30,31)32)38-16(14)24-4-2-10(20)22-18(24)29/h1-4,7-8,11-16,25-27H,5-6H2,(H,33,34)(H2,19,21,28)(H2,20,22,29)(H2,30,31,32)/t7-,8-,11-,12-,13-,14-,15-,16-/m1/s1. The quantitative estimate of drug-likeness (QED) is 0.117. The van der Waals surface area contributed by atoms with Crippen LogP contribution in [0.15, 0.2) is 34.1 Å². The first-order valence-corrected chi connectivity index (χ1v) is 14.5. The van der Waals surface area contributed by atoms with E-state index in [2.05, 4.69) is 14.5 Å². The Morgan fingerprint density at radius 1 is 0.805 bits per heavy atom. The fourth-order valence-corrected chi connectivity index (χ4v) is 5.33. The Morgan fingerprint density at radius 3 is 1.83 bits per heavy atom. The molecule has 2 saturated heterocycles. The van der Waals surface area contributed by atoms with Crippen molar-refractivity contribution >= 4 is 27.3 Å². The van der Waals surface area contributed by atoms with Crippen LogP contribution >= 0.6 is 15.6 Å². The summed E-state index contributed by atoms with van der Waals surface area (Å²) >= 11 is 0. The molecule has 2 aromatic rings. The maximum Gasteiger partial charge on any atom is 0.472 e. The van der Waals surface area contributed by atoms with E-state index in [1.54, 1.807) is 0 Å². The second kappa shape index (κ2) is 11.9. The Bertz CT molecular complexity index is 1470. The Hall–Kier alpha value is -2.62. The molecule has 4 rings (SSSR count). The van der Waals surface area contributed by atoms with E-state index in [0.29, 0.717) is 0 Å². The number of rotatable bonds is 10. The normalized spacial score (nSPS) is 31.8. The highest BCUT2D eigenvalue weighted by Crippen LogP contribution is 2.50. The number of hydrogen-bond donors (Lipinski definition) is 8. The van der Waals surface area contributed by atoms with Gasteiger partial charge in [-0.2, -0.15) is 9.97 Å². The number of nitrogen functional groups attached to an aromatic ring is 2. The number of anilines is 2. The average Bonchev–Trinajstić information content (AvgIpc) is 3.31. The van der Waals surface area contributed by atoms with Gasteiger partial charge in [0.15, 0.2) is 12.5 Å². The van der Waals surface area contributed by atoms with Gasteiger partial charge in [0, 0.05) is 12.4 Å². The van der Waals surface area contributed by atoms with E-state index in [0.717, 1.165) is 27.6 Å². The van der Waals surface area contributed by atoms with E-state index >= 15 is 0 Å². The van der Waals surface area contributed by atoms with Gasteiger partial charge in [-0.1, -0.05) is 0 Å². The summed E-state index contributed by atoms with van der Waals surface area (Å²) in [6.07, 6.45) is -11.2. The molecule has 41 heavy (non-hydrogen) atoms. The summed E-state index contributed by atoms with van der Waals surface area (Å²) in [4.78, 5) is 59.7. The lowest BCUT2D eigenvalue weighted by atomic mass is 10.1. The highest BCUT2D eigenvalue weighted by Gasteiger charge is 2.51. The van der Waals surface area contributed by atoms with Gasteiger partial charge in [0.25, 0.3) is 0 Å². The maximum absolute atomic E-state index is 12.8. The minimum Gasteiger partial charge on any atom is -0.387 e. The number of nitrogens with zero attached hydrogens (tertiary/aromatic N) is 4. The molecule has 2 aliphatic heterocycles. The van der Waals surface area contributed by atoms with E-state index in [1.165, 1.54) is 6.07 Å². The van der Waals surface area contributed by atoms with Crippen molar-refractivity contribution in [1.82, 2.24) is 19.1 Å². The van der Waals surface area contributed by atoms with E-state index in [-0.39, 0.29) is 11.6 Å². The number of phosphoric ester groups is 2. The number of aromatic nitrogens is 4. The SMILES string of the molecule is Nc1ccn([C@@H]2O[C@H](COP(=O)(O)O[C@@H]3[C@H](O)[C@@H](COP(=O)(O)O)O[C@H]3n3ccc(N)nc3=O)[C@@H](O)[C@H]2O)c(=O)n1. The number of aliphatic hydroxyl groups excluding tert-OH is 3. The fraction of sp³-hybridized carbons (Fsp3) is 0.556. The van der Waals surface area contributed by atoms with E-state index in [1.807, 2.05) is 0 Å². The van der Waals surface area contributed by atoms with Gasteiger partial charge < -0.3 is 50.9 Å². The van der Waals surface area contributed by atoms with Crippen molar-refractivity contribution in [2.24, 2.45) is 0 Å². The van der Waals surface area contributed by atoms with Crippen molar-refractivity contribution in [3.05, 3.63) is 45.5 Å². The minimum atomic E-state index is -5.21. The Morgan fingerprint density at radius 2 is 1.29 bits per heavy atom. The zero-order chi connectivity index (χ0) is 30.3. The molecule has 0 radical (unpaired) electrons. The van der Waals surface area contributed by atoms with Gasteiger partial charge in [-0.15, -0.1) is 0 Å². The molecule has 21 nitrogen and oxygen atoms in total. The molecule has 2 aliphatic rings. The molecular weight excluding hydrogens is 602 g/mol. The number of ether oxygens (including phenoxy) is 2. The molecule has 23 heteroatoms. The van der Waals surface area contributed by atoms with Crippen LogP contribution in [0.5, 0.6) is 0 Å². The molecule has 0 spiro atoms. The van der Waals surface area contributed by atoms with Crippen LogP contribution in [0.3, 0.4) is 0 Å². The highest BCUT2D eigenvalue weighted by atomic mass is 31.2. The summed E-state index contributed by atoms with van der Waals surface area (Å²) in [5.74, 6) is -0.297. The van der Waals surface area contributed by atoms with Gasteiger partial charge in [0.1, 0.15) is 48.3 Å². The largest absolute Gasteiger partial charge is 0.472 e. The molecule has 0 bridgehead atoms. The first-order chi connectivity index (χ1) is 19.1. The van der Waals surface area contributed by atoms with E-state index < -0.39 is 89.3 Å². The summed E-state index contributed by atoms with van der Waals surface area (Å²) in [6.45, 7) is -1.81. The zero-order valence-corrected chi connectivity index (χ0v) is 22.3. The topological polar surface area (TPSA) is 323 Å². The molecule has 9 atom stereocenters. The first-order valence-electron chi connectivity index (χ1n) is 11.5. The third-order valence-electron chi connectivity index (χ3n) is 5.97. The fourth-order valence-electron chi connectivity index (χ4n) is 4.05. The zero-order valence-electron chi connectivity index (χ0n) is 20.5. The molecule has 4 heterocycles. The molecule has 1 unspecified atom stereocenters. The summed E-state index contributed by atoms with van der Waals surface area (Å²) in [5.41, 5.74) is 8.94. The van der Waals surface area contributed by atoms with Crippen LogP contribution in [0.2, 0.25) is 0 Å². The van der Waals surface area contributed by atoms with Crippen LogP contribution in [0.25, 0.3) is 0 Å². The molecular formula is C18H26N6O15P2. The molecule has 2 fully saturated rings. The van der Waals surface area contributed by atoms with Crippen molar-refractivity contribution in [2.75, 3.05) is 24.7 Å². The number of aliphatic hydroxyl groups is 3. The minimum absolute atomic E-state index is 0.110. The van der Waals surface area contributed by atoms with Crippen LogP contribution in [0.1, 0.15) is 12.5 Å². The molecule has 2 aromatic heterocycles. The number of phosphoric acid groups is 2. The van der Waals surface area contributed by atoms with Crippen LogP contribution in [-0.4, -0.2) is 98.9 Å². The maximum atomic E-state index is 12.8. The van der Waals surface area contributed by atoms with E-state index in [4.69, 9.17) is 39.8 Å². The molecule has 0 amide bonds. The Balaban J connectivity index is 1.49. The second-order valence-electron chi connectivity index (χ2n) is 8.81. The molecule has 10 N–H and O–H groups in total. The predicted octanol–water partition coefficient (Wildman–Crippen LogP) is -3.85. The van der Waals surface area contributed by atoms with Crippen molar-refractivity contribution in [3.8, 4) is 0 Å². The van der Waals surface area contributed by atoms with Crippen molar-refractivity contribution in [3.63, 3.8) is 0 Å². The predicted molar refractivity (Wildman–Crippen MR) is 130 cm³/mol. The van der Waals surface area contributed by atoms with Gasteiger partial charge in [-0.05, 0) is 12.1 Å². The monoisotopic (exact) mass is 628 g/mol. The van der Waals surface area contributed by atoms with Gasteiger partial charge in [-0.25, -0.2) is 18.7 Å². The van der Waals surface area contributed by atoms with Crippen molar-refractivity contribution in [1.29, 1.82) is 0 Å². The summed E-state index contributed by atoms with van der Waals surface area (Å²) in [5, 5.41) is 31.3. The smallest absolute Gasteiger partial charge is 0.387 e. The van der Waals surface area contributed by atoms with Gasteiger partial charge >= 0.3 is 27.0 Å². The lowest BCUT2D eigenvalue weighted by Gasteiger charge is -2.25. The molecule has 0 aromatic carbocycles. The van der Waals surface area contributed by atoms with E-state index in [9.17, 15) is 38.9 Å². The molecule has 228 valence electrons. The number of hydrogen-bond acceptors (Lipinski definition) is 16. The first kappa shape index (κ1) is 31.3. The van der Waals surface area contributed by atoms with Crippen molar-refractivity contribution in [2.45, 2.75) is 49.1 Å². The van der Waals surface area contributed by atoms with Crippen LogP contribution in [0, 0.1) is 0 Å². The van der Waals surface area contributed by atoms with Crippen LogP contribution in [0.4, 0.5) is 11.6 Å². The molecule has 0 saturated carbocycles. The Kier molecular flexibility index (Phi) is 9.12. The van der Waals surface area contributed by atoms with Crippen molar-refractivity contribution < 1.29 is 62.2 Å². The third-order valence-corrected chi connectivity index (χ3v) is 7.44. The summed E-state index contributed by atoms with van der Waals surface area (Å²) < 4.78 is 50.6. The highest BCUT2D eigenvalue weighted by molar-refractivity contribution is 7.47. The summed E-state index contributed by atoms with van der Waals surface area (Å²) in [6, 6.07) is 2.39. The summed E-state index contributed by atoms with van der Waals surface area (Å²) in [7, 11) is -10.2. The molecule has 0 aliphatic carbocycles. The van der Waals surface area contributed by atoms with Gasteiger partial charge in [0.05, 0.1) is 13.2 Å². The lowest BCUT2D eigenvalue weighted by molar-refractivity contribution is -0.0649. The lowest BCUT2D eigenvalue weighted by Crippen LogP contribution is -2.38. The number of nitrogens with two attached hydrogens (primary N) is 2. The average molecular weight is 628 g/mol. The van der Waals surface area contributed by atoms with Crippen LogP contribution < -0.4 is 22.8 Å². The second-order valence-corrected chi connectivity index (χ2v) is 11.5. The van der Waals surface area contributed by atoms with Gasteiger partial charge in [0.2, 0.25) is 0 Å².